The quantitative estimate of drug-likeness (QED) is 0.733. The van der Waals surface area contributed by atoms with Gasteiger partial charge in [-0.25, -0.2) is 9.78 Å². The van der Waals surface area contributed by atoms with Crippen molar-refractivity contribution in [3.05, 3.63) is 50.9 Å². The molecule has 5 nitrogen and oxygen atoms in total. The molecule has 2 heterocycles. The Morgan fingerprint density at radius 3 is 2.46 bits per heavy atom. The van der Waals surface area contributed by atoms with Crippen LogP contribution in [0.25, 0.3) is 21.3 Å². The average Bonchev–Trinajstić information content (AvgIpc) is 2.98. The van der Waals surface area contributed by atoms with Crippen molar-refractivity contribution in [2.24, 2.45) is 0 Å². The Hall–Kier alpha value is -2.47. The van der Waals surface area contributed by atoms with Crippen molar-refractivity contribution in [1.29, 1.82) is 0 Å². The molecular formula is C20H22N2O3S. The first-order valence-electron chi connectivity index (χ1n) is 8.56. The molecule has 6 heteroatoms. The highest BCUT2D eigenvalue weighted by Gasteiger charge is 2.25. The van der Waals surface area contributed by atoms with Crippen LogP contribution in [0.2, 0.25) is 0 Å². The summed E-state index contributed by atoms with van der Waals surface area (Å²) in [5, 5.41) is 11.9. The van der Waals surface area contributed by atoms with Crippen LogP contribution in [0.3, 0.4) is 0 Å². The molecule has 1 unspecified atom stereocenters. The van der Waals surface area contributed by atoms with Gasteiger partial charge in [0.15, 0.2) is 0 Å². The van der Waals surface area contributed by atoms with Gasteiger partial charge < -0.3 is 5.11 Å². The van der Waals surface area contributed by atoms with Crippen molar-refractivity contribution in [1.82, 2.24) is 9.55 Å². The van der Waals surface area contributed by atoms with Crippen LogP contribution in [0.15, 0.2) is 28.4 Å². The predicted molar refractivity (Wildman–Crippen MR) is 105 cm³/mol. The number of aryl methyl sites for hydroxylation is 2. The van der Waals surface area contributed by atoms with E-state index < -0.39 is 12.0 Å². The summed E-state index contributed by atoms with van der Waals surface area (Å²) in [5.74, 6) is -0.592. The molecule has 136 valence electrons. The smallest absolute Gasteiger partial charge is 0.326 e. The summed E-state index contributed by atoms with van der Waals surface area (Å²) in [6.45, 7) is 9.39. The molecule has 26 heavy (non-hydrogen) atoms. The third kappa shape index (κ3) is 2.94. The number of hydrogen-bond donors (Lipinski definition) is 1. The average molecular weight is 370 g/mol. The van der Waals surface area contributed by atoms with Crippen LogP contribution in [0, 0.1) is 13.8 Å². The number of carboxylic acid groups (broad SMARTS) is 1. The first kappa shape index (κ1) is 18.3. The lowest BCUT2D eigenvalue weighted by molar-refractivity contribution is -0.140. The van der Waals surface area contributed by atoms with Gasteiger partial charge in [-0.2, -0.15) is 0 Å². The van der Waals surface area contributed by atoms with Crippen molar-refractivity contribution in [2.45, 2.75) is 46.6 Å². The molecule has 1 atom stereocenters. The number of aromatic nitrogens is 2. The summed E-state index contributed by atoms with van der Waals surface area (Å²) in [7, 11) is 0. The van der Waals surface area contributed by atoms with Crippen LogP contribution in [0.5, 0.6) is 0 Å². The van der Waals surface area contributed by atoms with E-state index in [1.165, 1.54) is 22.8 Å². The largest absolute Gasteiger partial charge is 0.480 e. The van der Waals surface area contributed by atoms with Crippen LogP contribution < -0.4 is 5.56 Å². The van der Waals surface area contributed by atoms with Gasteiger partial charge in [-0.05, 0) is 31.9 Å². The first-order chi connectivity index (χ1) is 12.2. The van der Waals surface area contributed by atoms with Crippen molar-refractivity contribution in [2.75, 3.05) is 0 Å². The van der Waals surface area contributed by atoms with Gasteiger partial charge in [0, 0.05) is 16.9 Å². The molecule has 0 radical (unpaired) electrons. The SMILES string of the molecule is Cc1ccc(-c2csc3nc(C(C)C)n(C(C)C(=O)O)c(=O)c23)c(C)c1. The second-order valence-corrected chi connectivity index (χ2v) is 7.82. The zero-order chi connectivity index (χ0) is 19.2. The molecule has 0 aliphatic heterocycles. The number of thiophene rings is 1. The van der Waals surface area contributed by atoms with E-state index in [2.05, 4.69) is 11.1 Å². The van der Waals surface area contributed by atoms with E-state index >= 15 is 0 Å². The normalized spacial score (nSPS) is 12.7. The van der Waals surface area contributed by atoms with Crippen LogP contribution >= 0.6 is 11.3 Å². The topological polar surface area (TPSA) is 72.2 Å². The minimum atomic E-state index is -1.04. The van der Waals surface area contributed by atoms with Crippen molar-refractivity contribution >= 4 is 27.5 Å². The molecule has 0 saturated heterocycles. The van der Waals surface area contributed by atoms with Crippen LogP contribution in [0.4, 0.5) is 0 Å². The highest BCUT2D eigenvalue weighted by Crippen LogP contribution is 2.34. The molecule has 0 saturated carbocycles. The summed E-state index contributed by atoms with van der Waals surface area (Å²) in [6.07, 6.45) is 0. The van der Waals surface area contributed by atoms with Gasteiger partial charge in [-0.1, -0.05) is 37.6 Å². The lowest BCUT2D eigenvalue weighted by Crippen LogP contribution is -2.32. The molecule has 1 aromatic carbocycles. The third-order valence-electron chi connectivity index (χ3n) is 4.60. The van der Waals surface area contributed by atoms with Crippen LogP contribution in [-0.2, 0) is 4.79 Å². The number of aliphatic carboxylic acids is 1. The molecule has 0 aliphatic carbocycles. The van der Waals surface area contributed by atoms with E-state index in [0.717, 1.165) is 22.3 Å². The molecule has 0 spiro atoms. The van der Waals surface area contributed by atoms with Gasteiger partial charge in [-0.3, -0.25) is 9.36 Å². The van der Waals surface area contributed by atoms with Gasteiger partial charge in [0.2, 0.25) is 0 Å². The highest BCUT2D eigenvalue weighted by molar-refractivity contribution is 7.17. The number of hydrogen-bond acceptors (Lipinski definition) is 4. The van der Waals surface area contributed by atoms with E-state index in [1.807, 2.05) is 45.2 Å². The summed E-state index contributed by atoms with van der Waals surface area (Å²) in [6, 6.07) is 5.13. The second kappa shape index (κ2) is 6.68. The third-order valence-corrected chi connectivity index (χ3v) is 5.47. The first-order valence-corrected chi connectivity index (χ1v) is 9.44. The molecule has 1 N–H and O–H groups in total. The number of carboxylic acids is 1. The zero-order valence-corrected chi connectivity index (χ0v) is 16.3. The summed E-state index contributed by atoms with van der Waals surface area (Å²) in [5.41, 5.74) is 3.75. The maximum absolute atomic E-state index is 13.3. The fourth-order valence-electron chi connectivity index (χ4n) is 3.23. The Labute approximate surface area is 155 Å². The highest BCUT2D eigenvalue weighted by atomic mass is 32.1. The lowest BCUT2D eigenvalue weighted by atomic mass is 9.99. The maximum atomic E-state index is 13.3. The Morgan fingerprint density at radius 2 is 1.88 bits per heavy atom. The Kier molecular flexibility index (Phi) is 4.71. The summed E-state index contributed by atoms with van der Waals surface area (Å²) < 4.78 is 1.33. The number of carbonyl (C=O) groups is 1. The molecule has 2 aromatic heterocycles. The van der Waals surface area contributed by atoms with Gasteiger partial charge in [0.1, 0.15) is 16.7 Å². The number of benzene rings is 1. The predicted octanol–water partition coefficient (Wildman–Crippen LogP) is 4.51. The summed E-state index contributed by atoms with van der Waals surface area (Å²) in [4.78, 5) is 30.2. The van der Waals surface area contributed by atoms with Crippen molar-refractivity contribution in [3.8, 4) is 11.1 Å². The van der Waals surface area contributed by atoms with E-state index in [-0.39, 0.29) is 11.5 Å². The molecule has 0 bridgehead atoms. The minimum absolute atomic E-state index is 0.0550. The Morgan fingerprint density at radius 1 is 1.19 bits per heavy atom. The molecule has 3 rings (SSSR count). The molecule has 3 aromatic rings. The molecule has 0 aliphatic rings. The van der Waals surface area contributed by atoms with Gasteiger partial charge in [-0.15, -0.1) is 11.3 Å². The zero-order valence-electron chi connectivity index (χ0n) is 15.5. The fraction of sp³-hybridized carbons (Fsp3) is 0.350. The van der Waals surface area contributed by atoms with E-state index in [4.69, 9.17) is 0 Å². The van der Waals surface area contributed by atoms with Crippen LogP contribution in [0.1, 0.15) is 49.7 Å². The summed E-state index contributed by atoms with van der Waals surface area (Å²) >= 11 is 1.42. The van der Waals surface area contributed by atoms with Crippen molar-refractivity contribution < 1.29 is 9.90 Å². The van der Waals surface area contributed by atoms with E-state index in [9.17, 15) is 14.7 Å². The molecule has 0 fully saturated rings. The van der Waals surface area contributed by atoms with Gasteiger partial charge >= 0.3 is 5.97 Å². The van der Waals surface area contributed by atoms with E-state index in [0.29, 0.717) is 16.0 Å². The monoisotopic (exact) mass is 370 g/mol. The Bertz CT molecular complexity index is 1060. The number of nitrogens with zero attached hydrogens (tertiary/aromatic N) is 2. The van der Waals surface area contributed by atoms with E-state index in [1.54, 1.807) is 0 Å². The maximum Gasteiger partial charge on any atom is 0.326 e. The fourth-order valence-corrected chi connectivity index (χ4v) is 4.16. The lowest BCUT2D eigenvalue weighted by Gasteiger charge is -2.18. The Balaban J connectivity index is 2.38. The number of rotatable bonds is 4. The van der Waals surface area contributed by atoms with Gasteiger partial charge in [0.25, 0.3) is 5.56 Å². The molecule has 0 amide bonds. The van der Waals surface area contributed by atoms with Crippen molar-refractivity contribution in [3.63, 3.8) is 0 Å². The second-order valence-electron chi connectivity index (χ2n) is 6.96. The van der Waals surface area contributed by atoms with Crippen LogP contribution in [-0.4, -0.2) is 20.6 Å². The molecular weight excluding hydrogens is 348 g/mol. The minimum Gasteiger partial charge on any atom is -0.480 e. The van der Waals surface area contributed by atoms with Gasteiger partial charge in [0.05, 0.1) is 5.39 Å². The number of fused-ring (bicyclic) bond motifs is 1. The standard InChI is InChI=1S/C20H22N2O3S/c1-10(2)17-21-18-16(19(23)22(17)13(5)20(24)25)15(9-26-18)14-7-6-11(3)8-12(14)4/h6-10,13H,1-5H3,(H,24,25).